The van der Waals surface area contributed by atoms with Crippen LogP contribution in [0.1, 0.15) is 21.5 Å². The third kappa shape index (κ3) is 2.88. The van der Waals surface area contributed by atoms with Gasteiger partial charge in [-0.2, -0.15) is 0 Å². The van der Waals surface area contributed by atoms with Crippen molar-refractivity contribution in [2.45, 2.75) is 13.8 Å². The fraction of sp³-hybridized carbons (Fsp3) is 0.133. The second-order valence-corrected chi connectivity index (χ2v) is 4.77. The Bertz CT molecular complexity index is 638. The van der Waals surface area contributed by atoms with Gasteiger partial charge in [0.1, 0.15) is 5.75 Å². The second kappa shape index (κ2) is 5.33. The molecule has 2 aromatic carbocycles. The number of rotatable bonds is 2. The van der Waals surface area contributed by atoms with Crippen molar-refractivity contribution >= 4 is 23.2 Å². The molecule has 0 fully saturated rings. The van der Waals surface area contributed by atoms with Gasteiger partial charge >= 0.3 is 0 Å². The van der Waals surface area contributed by atoms with Crippen LogP contribution in [-0.4, -0.2) is 11.0 Å². The molecule has 1 amide bonds. The zero-order chi connectivity index (χ0) is 14.0. The Balaban J connectivity index is 2.28. The Morgan fingerprint density at radius 2 is 1.95 bits per heavy atom. The lowest BCUT2D eigenvalue weighted by Crippen LogP contribution is -2.13. The minimum Gasteiger partial charge on any atom is -0.508 e. The summed E-state index contributed by atoms with van der Waals surface area (Å²) in [6.45, 7) is 3.93. The van der Waals surface area contributed by atoms with Gasteiger partial charge in [-0.15, -0.1) is 0 Å². The monoisotopic (exact) mass is 275 g/mol. The van der Waals surface area contributed by atoms with E-state index in [2.05, 4.69) is 5.32 Å². The number of nitrogens with one attached hydrogen (secondary N) is 1. The summed E-state index contributed by atoms with van der Waals surface area (Å²) in [4.78, 5) is 12.1. The van der Waals surface area contributed by atoms with E-state index in [1.807, 2.05) is 32.0 Å². The summed E-state index contributed by atoms with van der Waals surface area (Å²) in [6.07, 6.45) is 0. The SMILES string of the molecule is Cc1cccc(NC(=O)c2ccc(O)cc2Cl)c1C. The number of anilines is 1. The van der Waals surface area contributed by atoms with Crippen LogP contribution in [0.15, 0.2) is 36.4 Å². The zero-order valence-corrected chi connectivity index (χ0v) is 11.5. The maximum atomic E-state index is 12.1. The number of benzene rings is 2. The highest BCUT2D eigenvalue weighted by molar-refractivity contribution is 6.34. The van der Waals surface area contributed by atoms with Crippen molar-refractivity contribution in [3.05, 3.63) is 58.1 Å². The predicted molar refractivity (Wildman–Crippen MR) is 77.0 cm³/mol. The fourth-order valence-corrected chi connectivity index (χ4v) is 2.02. The van der Waals surface area contributed by atoms with E-state index in [-0.39, 0.29) is 16.7 Å². The zero-order valence-electron chi connectivity index (χ0n) is 10.7. The number of halogens is 1. The molecule has 0 aromatic heterocycles. The van der Waals surface area contributed by atoms with E-state index in [0.29, 0.717) is 5.56 Å². The van der Waals surface area contributed by atoms with Crippen LogP contribution < -0.4 is 5.32 Å². The minimum absolute atomic E-state index is 0.0355. The number of aryl methyl sites for hydroxylation is 1. The molecule has 0 heterocycles. The topological polar surface area (TPSA) is 49.3 Å². The van der Waals surface area contributed by atoms with Gasteiger partial charge in [0.2, 0.25) is 0 Å². The molecule has 0 saturated heterocycles. The predicted octanol–water partition coefficient (Wildman–Crippen LogP) is 3.91. The van der Waals surface area contributed by atoms with Crippen molar-refractivity contribution in [2.75, 3.05) is 5.32 Å². The van der Waals surface area contributed by atoms with Crippen LogP contribution in [0.3, 0.4) is 0 Å². The third-order valence-electron chi connectivity index (χ3n) is 3.05. The van der Waals surface area contributed by atoms with E-state index >= 15 is 0 Å². The van der Waals surface area contributed by atoms with Gasteiger partial charge in [0, 0.05) is 5.69 Å². The number of carbonyl (C=O) groups excluding carboxylic acids is 1. The molecular formula is C15H14ClNO2. The Kier molecular flexibility index (Phi) is 3.76. The first-order chi connectivity index (χ1) is 8.99. The van der Waals surface area contributed by atoms with E-state index < -0.39 is 0 Å². The van der Waals surface area contributed by atoms with Crippen molar-refractivity contribution < 1.29 is 9.90 Å². The second-order valence-electron chi connectivity index (χ2n) is 4.37. The van der Waals surface area contributed by atoms with Crippen molar-refractivity contribution in [3.63, 3.8) is 0 Å². The number of hydrogen-bond donors (Lipinski definition) is 2. The molecule has 2 aromatic rings. The molecular weight excluding hydrogens is 262 g/mol. The maximum absolute atomic E-state index is 12.1. The number of phenolic OH excluding ortho intramolecular Hbond substituents is 1. The van der Waals surface area contributed by atoms with Crippen molar-refractivity contribution in [1.82, 2.24) is 0 Å². The van der Waals surface area contributed by atoms with Gasteiger partial charge in [-0.3, -0.25) is 4.79 Å². The Labute approximate surface area is 116 Å². The summed E-state index contributed by atoms with van der Waals surface area (Å²) in [5, 5.41) is 12.3. The summed E-state index contributed by atoms with van der Waals surface area (Å²) in [6, 6.07) is 9.99. The van der Waals surface area contributed by atoms with Crippen LogP contribution in [0, 0.1) is 13.8 Å². The van der Waals surface area contributed by atoms with Crippen LogP contribution in [0.5, 0.6) is 5.75 Å². The van der Waals surface area contributed by atoms with E-state index in [4.69, 9.17) is 11.6 Å². The molecule has 0 unspecified atom stereocenters. The molecule has 2 rings (SSSR count). The Morgan fingerprint density at radius 1 is 1.21 bits per heavy atom. The number of aromatic hydroxyl groups is 1. The molecule has 98 valence electrons. The average Bonchev–Trinajstić information content (AvgIpc) is 2.34. The largest absolute Gasteiger partial charge is 0.508 e. The lowest BCUT2D eigenvalue weighted by molar-refractivity contribution is 0.102. The van der Waals surface area contributed by atoms with Gasteiger partial charge in [0.15, 0.2) is 0 Å². The molecule has 3 nitrogen and oxygen atoms in total. The van der Waals surface area contributed by atoms with E-state index in [9.17, 15) is 9.90 Å². The van der Waals surface area contributed by atoms with Crippen LogP contribution in [-0.2, 0) is 0 Å². The molecule has 2 N–H and O–H groups in total. The number of phenols is 1. The van der Waals surface area contributed by atoms with Gasteiger partial charge < -0.3 is 10.4 Å². The van der Waals surface area contributed by atoms with Gasteiger partial charge in [-0.1, -0.05) is 23.7 Å². The molecule has 0 radical (unpaired) electrons. The van der Waals surface area contributed by atoms with Crippen LogP contribution in [0.4, 0.5) is 5.69 Å². The highest BCUT2D eigenvalue weighted by Gasteiger charge is 2.12. The fourth-order valence-electron chi connectivity index (χ4n) is 1.76. The lowest BCUT2D eigenvalue weighted by atomic mass is 10.1. The van der Waals surface area contributed by atoms with Crippen molar-refractivity contribution in [1.29, 1.82) is 0 Å². The van der Waals surface area contributed by atoms with Crippen molar-refractivity contribution in [3.8, 4) is 5.75 Å². The first kappa shape index (κ1) is 13.4. The van der Waals surface area contributed by atoms with Gasteiger partial charge in [0.25, 0.3) is 5.91 Å². The molecule has 0 saturated carbocycles. The first-order valence-electron chi connectivity index (χ1n) is 5.85. The Morgan fingerprint density at radius 3 is 2.63 bits per heavy atom. The Hall–Kier alpha value is -2.00. The molecule has 19 heavy (non-hydrogen) atoms. The van der Waals surface area contributed by atoms with Gasteiger partial charge in [-0.25, -0.2) is 0 Å². The van der Waals surface area contributed by atoms with Crippen molar-refractivity contribution in [2.24, 2.45) is 0 Å². The third-order valence-corrected chi connectivity index (χ3v) is 3.36. The maximum Gasteiger partial charge on any atom is 0.257 e. The van der Waals surface area contributed by atoms with E-state index in [1.165, 1.54) is 18.2 Å². The summed E-state index contributed by atoms with van der Waals surface area (Å²) in [5.74, 6) is -0.257. The molecule has 0 aliphatic heterocycles. The number of hydrogen-bond acceptors (Lipinski definition) is 2. The smallest absolute Gasteiger partial charge is 0.257 e. The standard InChI is InChI=1S/C15H14ClNO2/c1-9-4-3-5-14(10(9)2)17-15(19)12-7-6-11(18)8-13(12)16/h3-8,18H,1-2H3,(H,17,19). The van der Waals surface area contributed by atoms with E-state index in [0.717, 1.165) is 16.8 Å². The molecule has 4 heteroatoms. The number of carbonyl (C=O) groups is 1. The molecule has 0 aliphatic carbocycles. The molecule has 0 spiro atoms. The molecule has 0 atom stereocenters. The summed E-state index contributed by atoms with van der Waals surface area (Å²) < 4.78 is 0. The number of amides is 1. The normalized spacial score (nSPS) is 10.3. The average molecular weight is 276 g/mol. The summed E-state index contributed by atoms with van der Waals surface area (Å²) >= 11 is 5.94. The van der Waals surface area contributed by atoms with Crippen LogP contribution in [0.25, 0.3) is 0 Å². The van der Waals surface area contributed by atoms with Gasteiger partial charge in [-0.05, 0) is 49.2 Å². The quantitative estimate of drug-likeness (QED) is 0.873. The highest BCUT2D eigenvalue weighted by Crippen LogP contribution is 2.24. The highest BCUT2D eigenvalue weighted by atomic mass is 35.5. The summed E-state index contributed by atoms with van der Waals surface area (Å²) in [7, 11) is 0. The van der Waals surface area contributed by atoms with Gasteiger partial charge in [0.05, 0.1) is 10.6 Å². The first-order valence-corrected chi connectivity index (χ1v) is 6.23. The lowest BCUT2D eigenvalue weighted by Gasteiger charge is -2.11. The van der Waals surface area contributed by atoms with E-state index in [1.54, 1.807) is 0 Å². The molecule has 0 aliphatic rings. The minimum atomic E-state index is -0.293. The van der Waals surface area contributed by atoms with Crippen LogP contribution in [0.2, 0.25) is 5.02 Å². The molecule has 0 bridgehead atoms. The summed E-state index contributed by atoms with van der Waals surface area (Å²) in [5.41, 5.74) is 3.22. The van der Waals surface area contributed by atoms with Crippen LogP contribution >= 0.6 is 11.6 Å².